The Kier molecular flexibility index (Phi) is 4.34. The fourth-order valence-corrected chi connectivity index (χ4v) is 3.54. The van der Waals surface area contributed by atoms with Crippen LogP contribution in [0, 0.1) is 0 Å². The quantitative estimate of drug-likeness (QED) is 0.728. The number of methoxy groups -OCH3 is 1. The summed E-state index contributed by atoms with van der Waals surface area (Å²) < 4.78 is 5.42. The summed E-state index contributed by atoms with van der Waals surface area (Å²) in [6.07, 6.45) is 2.80. The number of halogens is 1. The van der Waals surface area contributed by atoms with Gasteiger partial charge in [-0.2, -0.15) is 0 Å². The molecule has 2 aliphatic rings. The van der Waals surface area contributed by atoms with Gasteiger partial charge in [0.15, 0.2) is 5.17 Å². The molecular weight excluding hydrogens is 276 g/mol. The second-order valence-corrected chi connectivity index (χ2v) is 5.88. The van der Waals surface area contributed by atoms with Crippen molar-refractivity contribution in [1.29, 1.82) is 0 Å². The lowest BCUT2D eigenvalue weighted by molar-refractivity contribution is 0.0545. The first-order chi connectivity index (χ1) is 7.33. The number of ether oxygens (including phenoxy) is 1. The maximum Gasteiger partial charge on any atom is 0.159 e. The zero-order valence-electron chi connectivity index (χ0n) is 8.99. The van der Waals surface area contributed by atoms with Gasteiger partial charge in [-0.15, -0.1) is 0 Å². The third-order valence-electron chi connectivity index (χ3n) is 2.86. The summed E-state index contributed by atoms with van der Waals surface area (Å²) >= 11 is 5.42. The SMILES string of the molecule is COC1CCCN(C2=NCC(CBr)S2)C1. The van der Waals surface area contributed by atoms with E-state index in [1.807, 2.05) is 11.8 Å². The third kappa shape index (κ3) is 2.88. The molecule has 2 atom stereocenters. The van der Waals surface area contributed by atoms with Crippen LogP contribution < -0.4 is 0 Å². The van der Waals surface area contributed by atoms with Crippen LogP contribution in [-0.4, -0.2) is 53.5 Å². The Labute approximate surface area is 104 Å². The molecule has 5 heteroatoms. The first-order valence-corrected chi connectivity index (χ1v) is 7.38. The predicted octanol–water partition coefficient (Wildman–Crippen LogP) is 1.96. The van der Waals surface area contributed by atoms with E-state index in [-0.39, 0.29) is 0 Å². The average Bonchev–Trinajstić information content (AvgIpc) is 2.78. The number of aliphatic imine (C=N–C) groups is 1. The zero-order chi connectivity index (χ0) is 10.7. The summed E-state index contributed by atoms with van der Waals surface area (Å²) in [7, 11) is 1.80. The van der Waals surface area contributed by atoms with E-state index in [0.717, 1.165) is 25.0 Å². The van der Waals surface area contributed by atoms with Crippen molar-refractivity contribution in [2.75, 3.05) is 32.1 Å². The van der Waals surface area contributed by atoms with E-state index in [0.29, 0.717) is 11.4 Å². The molecule has 0 bridgehead atoms. The van der Waals surface area contributed by atoms with E-state index in [1.54, 1.807) is 7.11 Å². The van der Waals surface area contributed by atoms with Crippen LogP contribution in [0.5, 0.6) is 0 Å². The summed E-state index contributed by atoms with van der Waals surface area (Å²) in [5.74, 6) is 0. The van der Waals surface area contributed by atoms with Gasteiger partial charge in [0.25, 0.3) is 0 Å². The third-order valence-corrected chi connectivity index (χ3v) is 5.31. The van der Waals surface area contributed by atoms with Gasteiger partial charge in [0.1, 0.15) is 0 Å². The number of rotatable bonds is 2. The molecule has 86 valence electrons. The second kappa shape index (κ2) is 5.55. The van der Waals surface area contributed by atoms with E-state index in [2.05, 4.69) is 25.8 Å². The summed E-state index contributed by atoms with van der Waals surface area (Å²) in [6, 6.07) is 0. The molecule has 15 heavy (non-hydrogen) atoms. The highest BCUT2D eigenvalue weighted by Crippen LogP contribution is 2.27. The van der Waals surface area contributed by atoms with Crippen molar-refractivity contribution in [1.82, 2.24) is 4.90 Å². The zero-order valence-corrected chi connectivity index (χ0v) is 11.4. The van der Waals surface area contributed by atoms with Crippen molar-refractivity contribution in [3.05, 3.63) is 0 Å². The molecular formula is C10H17BrN2OS. The van der Waals surface area contributed by atoms with Crippen molar-refractivity contribution in [2.45, 2.75) is 24.2 Å². The maximum absolute atomic E-state index is 5.42. The number of thioether (sulfide) groups is 1. The van der Waals surface area contributed by atoms with Crippen LogP contribution in [0.1, 0.15) is 12.8 Å². The van der Waals surface area contributed by atoms with Gasteiger partial charge in [-0.3, -0.25) is 4.99 Å². The van der Waals surface area contributed by atoms with Gasteiger partial charge in [-0.25, -0.2) is 0 Å². The van der Waals surface area contributed by atoms with Crippen molar-refractivity contribution in [3.8, 4) is 0 Å². The van der Waals surface area contributed by atoms with Crippen molar-refractivity contribution >= 4 is 32.9 Å². The van der Waals surface area contributed by atoms with Crippen molar-refractivity contribution in [2.24, 2.45) is 4.99 Å². The Morgan fingerprint density at radius 3 is 3.20 bits per heavy atom. The lowest BCUT2D eigenvalue weighted by Gasteiger charge is -2.33. The Morgan fingerprint density at radius 1 is 1.67 bits per heavy atom. The highest BCUT2D eigenvalue weighted by atomic mass is 79.9. The molecule has 0 saturated carbocycles. The Bertz CT molecular complexity index is 250. The van der Waals surface area contributed by atoms with E-state index in [1.165, 1.54) is 18.0 Å². The smallest absolute Gasteiger partial charge is 0.159 e. The van der Waals surface area contributed by atoms with Crippen LogP contribution in [0.3, 0.4) is 0 Å². The van der Waals surface area contributed by atoms with Gasteiger partial charge in [-0.1, -0.05) is 27.7 Å². The fraction of sp³-hybridized carbons (Fsp3) is 0.900. The van der Waals surface area contributed by atoms with Crippen LogP contribution in [0.15, 0.2) is 4.99 Å². The Hall–Kier alpha value is 0.260. The first kappa shape index (κ1) is 11.7. The summed E-state index contributed by atoms with van der Waals surface area (Å²) in [5, 5.41) is 2.88. The van der Waals surface area contributed by atoms with E-state index in [4.69, 9.17) is 4.74 Å². The molecule has 0 aliphatic carbocycles. The normalized spacial score (nSPS) is 31.9. The number of amidine groups is 1. The minimum absolute atomic E-state index is 0.394. The molecule has 0 aromatic carbocycles. The number of likely N-dealkylation sites (tertiary alicyclic amines) is 1. The van der Waals surface area contributed by atoms with Gasteiger partial charge in [0.05, 0.1) is 12.6 Å². The standard InChI is InChI=1S/C10H17BrN2OS/c1-14-8-3-2-4-13(7-8)10-12-6-9(5-11)15-10/h8-9H,2-7H2,1H3. The van der Waals surface area contributed by atoms with E-state index < -0.39 is 0 Å². The minimum atomic E-state index is 0.394. The van der Waals surface area contributed by atoms with Crippen LogP contribution in [-0.2, 0) is 4.74 Å². The molecule has 2 unspecified atom stereocenters. The van der Waals surface area contributed by atoms with E-state index in [9.17, 15) is 0 Å². The van der Waals surface area contributed by atoms with Gasteiger partial charge in [0, 0.05) is 30.8 Å². The molecule has 0 aromatic heterocycles. The van der Waals surface area contributed by atoms with Crippen molar-refractivity contribution < 1.29 is 4.74 Å². The highest BCUT2D eigenvalue weighted by molar-refractivity contribution is 9.09. The van der Waals surface area contributed by atoms with Crippen molar-refractivity contribution in [3.63, 3.8) is 0 Å². The lowest BCUT2D eigenvalue weighted by atomic mass is 10.1. The van der Waals surface area contributed by atoms with Crippen LogP contribution >= 0.6 is 27.7 Å². The number of hydrogen-bond donors (Lipinski definition) is 0. The number of alkyl halides is 1. The molecule has 2 heterocycles. The molecule has 3 nitrogen and oxygen atoms in total. The lowest BCUT2D eigenvalue weighted by Crippen LogP contribution is -2.41. The molecule has 1 fully saturated rings. The number of nitrogens with zero attached hydrogens (tertiary/aromatic N) is 2. The molecule has 0 aromatic rings. The van der Waals surface area contributed by atoms with Gasteiger partial charge < -0.3 is 9.64 Å². The molecule has 2 rings (SSSR count). The van der Waals surface area contributed by atoms with Crippen LogP contribution in [0.2, 0.25) is 0 Å². The van der Waals surface area contributed by atoms with Crippen LogP contribution in [0.25, 0.3) is 0 Å². The van der Waals surface area contributed by atoms with Gasteiger partial charge in [0.2, 0.25) is 0 Å². The number of piperidine rings is 1. The van der Waals surface area contributed by atoms with Crippen LogP contribution in [0.4, 0.5) is 0 Å². The largest absolute Gasteiger partial charge is 0.380 e. The Balaban J connectivity index is 1.88. The summed E-state index contributed by atoms with van der Waals surface area (Å²) in [4.78, 5) is 6.98. The van der Waals surface area contributed by atoms with Gasteiger partial charge in [-0.05, 0) is 12.8 Å². The average molecular weight is 293 g/mol. The minimum Gasteiger partial charge on any atom is -0.380 e. The fourth-order valence-electron chi connectivity index (χ4n) is 1.96. The predicted molar refractivity (Wildman–Crippen MR) is 69.1 cm³/mol. The highest BCUT2D eigenvalue weighted by Gasteiger charge is 2.27. The Morgan fingerprint density at radius 2 is 2.53 bits per heavy atom. The molecule has 2 aliphatic heterocycles. The molecule has 0 spiro atoms. The summed E-state index contributed by atoms with van der Waals surface area (Å²) in [6.45, 7) is 3.11. The monoisotopic (exact) mass is 292 g/mol. The topological polar surface area (TPSA) is 24.8 Å². The summed E-state index contributed by atoms with van der Waals surface area (Å²) in [5.41, 5.74) is 0. The maximum atomic E-state index is 5.42. The molecule has 0 radical (unpaired) electrons. The first-order valence-electron chi connectivity index (χ1n) is 5.38. The molecule has 0 amide bonds. The second-order valence-electron chi connectivity index (χ2n) is 3.96. The molecule has 1 saturated heterocycles. The number of hydrogen-bond acceptors (Lipinski definition) is 4. The van der Waals surface area contributed by atoms with Gasteiger partial charge >= 0.3 is 0 Å². The molecule has 0 N–H and O–H groups in total. The van der Waals surface area contributed by atoms with E-state index >= 15 is 0 Å².